The van der Waals surface area contributed by atoms with Crippen molar-refractivity contribution in [3.8, 4) is 11.4 Å². The molecule has 0 aliphatic rings. The van der Waals surface area contributed by atoms with E-state index in [-0.39, 0.29) is 6.03 Å². The highest BCUT2D eigenvalue weighted by molar-refractivity contribution is 5.90. The maximum absolute atomic E-state index is 12.3. The van der Waals surface area contributed by atoms with Crippen LogP contribution in [0.15, 0.2) is 42.7 Å². The summed E-state index contributed by atoms with van der Waals surface area (Å²) < 4.78 is 1.65. The van der Waals surface area contributed by atoms with Crippen molar-refractivity contribution in [3.05, 3.63) is 42.7 Å². The van der Waals surface area contributed by atoms with Gasteiger partial charge in [0.25, 0.3) is 0 Å². The molecule has 0 fully saturated rings. The predicted octanol–water partition coefficient (Wildman–Crippen LogP) is 2.91. The van der Waals surface area contributed by atoms with Crippen molar-refractivity contribution in [1.82, 2.24) is 19.7 Å². The van der Waals surface area contributed by atoms with Crippen LogP contribution in [-0.4, -0.2) is 38.8 Å². The number of carbonyl (C=O) groups excluding carboxylic acids is 1. The summed E-state index contributed by atoms with van der Waals surface area (Å²) in [4.78, 5) is 18.2. The standard InChI is InChI=1S/C16H21N5O/c1-5-21(10-12(2)3)16(22)18-14-8-6-7-13(9-14)15-17-11-20(4)19-15/h6-9,11H,2,5,10H2,1,3-4H3,(H,18,22). The molecule has 0 atom stereocenters. The first-order valence-corrected chi connectivity index (χ1v) is 7.16. The number of urea groups is 1. The number of carbonyl (C=O) groups is 1. The second-order valence-corrected chi connectivity index (χ2v) is 5.22. The molecule has 0 saturated carbocycles. The second-order valence-electron chi connectivity index (χ2n) is 5.22. The summed E-state index contributed by atoms with van der Waals surface area (Å²) in [6, 6.07) is 7.35. The fourth-order valence-electron chi connectivity index (χ4n) is 2.06. The Bertz CT molecular complexity index is 677. The highest BCUT2D eigenvalue weighted by atomic mass is 16.2. The van der Waals surface area contributed by atoms with Gasteiger partial charge in [0.05, 0.1) is 0 Å². The number of benzene rings is 1. The summed E-state index contributed by atoms with van der Waals surface area (Å²) in [6.07, 6.45) is 1.65. The lowest BCUT2D eigenvalue weighted by Crippen LogP contribution is -2.35. The molecule has 2 rings (SSSR count). The van der Waals surface area contributed by atoms with Crippen molar-refractivity contribution in [2.24, 2.45) is 7.05 Å². The van der Waals surface area contributed by atoms with Crippen molar-refractivity contribution in [2.45, 2.75) is 13.8 Å². The van der Waals surface area contributed by atoms with Gasteiger partial charge in [-0.25, -0.2) is 9.78 Å². The SMILES string of the molecule is C=C(C)CN(CC)C(=O)Nc1cccc(-c2ncn(C)n2)c1. The maximum atomic E-state index is 12.3. The van der Waals surface area contributed by atoms with Gasteiger partial charge in [-0.3, -0.25) is 4.68 Å². The number of nitrogens with one attached hydrogen (secondary N) is 1. The zero-order valence-corrected chi connectivity index (χ0v) is 13.2. The molecular weight excluding hydrogens is 278 g/mol. The largest absolute Gasteiger partial charge is 0.322 e. The van der Waals surface area contributed by atoms with E-state index in [0.717, 1.165) is 16.8 Å². The number of hydrogen-bond donors (Lipinski definition) is 1. The normalized spacial score (nSPS) is 10.3. The number of hydrogen-bond acceptors (Lipinski definition) is 3. The van der Waals surface area contributed by atoms with E-state index < -0.39 is 0 Å². The Morgan fingerprint density at radius 1 is 1.45 bits per heavy atom. The lowest BCUT2D eigenvalue weighted by Gasteiger charge is -2.21. The molecule has 1 heterocycles. The monoisotopic (exact) mass is 299 g/mol. The third kappa shape index (κ3) is 3.94. The second kappa shape index (κ2) is 6.89. The molecule has 22 heavy (non-hydrogen) atoms. The van der Waals surface area contributed by atoms with Crippen molar-refractivity contribution in [2.75, 3.05) is 18.4 Å². The number of aryl methyl sites for hydroxylation is 1. The van der Waals surface area contributed by atoms with E-state index in [4.69, 9.17) is 0 Å². The molecule has 6 heteroatoms. The Hall–Kier alpha value is -2.63. The van der Waals surface area contributed by atoms with E-state index in [1.165, 1.54) is 0 Å². The molecule has 2 aromatic rings. The van der Waals surface area contributed by atoms with E-state index in [2.05, 4.69) is 22.0 Å². The fourth-order valence-corrected chi connectivity index (χ4v) is 2.06. The van der Waals surface area contributed by atoms with Gasteiger partial charge >= 0.3 is 6.03 Å². The van der Waals surface area contributed by atoms with Crippen molar-refractivity contribution < 1.29 is 4.79 Å². The molecule has 0 aliphatic carbocycles. The summed E-state index contributed by atoms with van der Waals surface area (Å²) in [5.41, 5.74) is 2.53. The van der Waals surface area contributed by atoms with Crippen LogP contribution in [0.4, 0.5) is 10.5 Å². The molecule has 1 N–H and O–H groups in total. The maximum Gasteiger partial charge on any atom is 0.322 e. The molecule has 0 aliphatic heterocycles. The minimum Gasteiger partial charge on any atom is -0.321 e. The summed E-state index contributed by atoms with van der Waals surface area (Å²) >= 11 is 0. The molecular formula is C16H21N5O. The summed E-state index contributed by atoms with van der Waals surface area (Å²) in [5, 5.41) is 7.16. The average Bonchev–Trinajstić information content (AvgIpc) is 2.91. The van der Waals surface area contributed by atoms with Gasteiger partial charge in [-0.05, 0) is 26.0 Å². The molecule has 0 radical (unpaired) electrons. The molecule has 0 bridgehead atoms. The van der Waals surface area contributed by atoms with E-state index in [1.807, 2.05) is 45.2 Å². The Kier molecular flexibility index (Phi) is 4.93. The Morgan fingerprint density at radius 3 is 2.82 bits per heavy atom. The van der Waals surface area contributed by atoms with Crippen LogP contribution < -0.4 is 5.32 Å². The first-order valence-electron chi connectivity index (χ1n) is 7.16. The highest BCUT2D eigenvalue weighted by Crippen LogP contribution is 2.19. The quantitative estimate of drug-likeness (QED) is 0.863. The smallest absolute Gasteiger partial charge is 0.321 e. The minimum atomic E-state index is -0.142. The Balaban J connectivity index is 2.13. The number of nitrogens with zero attached hydrogens (tertiary/aromatic N) is 4. The van der Waals surface area contributed by atoms with Crippen LogP contribution in [0, 0.1) is 0 Å². The van der Waals surface area contributed by atoms with Gasteiger partial charge in [0.15, 0.2) is 5.82 Å². The van der Waals surface area contributed by atoms with Gasteiger partial charge in [0.1, 0.15) is 6.33 Å². The topological polar surface area (TPSA) is 63.1 Å². The zero-order valence-electron chi connectivity index (χ0n) is 13.2. The molecule has 1 aromatic carbocycles. The molecule has 2 amide bonds. The molecule has 6 nitrogen and oxygen atoms in total. The van der Waals surface area contributed by atoms with E-state index in [0.29, 0.717) is 18.9 Å². The van der Waals surface area contributed by atoms with Gasteiger partial charge in [-0.15, -0.1) is 0 Å². The number of likely N-dealkylation sites (N-methyl/N-ethyl adjacent to an activating group) is 1. The van der Waals surface area contributed by atoms with E-state index in [9.17, 15) is 4.79 Å². The third-order valence-corrected chi connectivity index (χ3v) is 3.10. The van der Waals surface area contributed by atoms with Crippen LogP contribution in [-0.2, 0) is 7.05 Å². The lowest BCUT2D eigenvalue weighted by atomic mass is 10.2. The molecule has 1 aromatic heterocycles. The highest BCUT2D eigenvalue weighted by Gasteiger charge is 2.12. The van der Waals surface area contributed by atoms with Crippen molar-refractivity contribution in [3.63, 3.8) is 0 Å². The van der Waals surface area contributed by atoms with Gasteiger partial charge in [-0.1, -0.05) is 24.3 Å². The predicted molar refractivity (Wildman–Crippen MR) is 87.5 cm³/mol. The lowest BCUT2D eigenvalue weighted by molar-refractivity contribution is 0.218. The van der Waals surface area contributed by atoms with Crippen LogP contribution in [0.5, 0.6) is 0 Å². The molecule has 0 unspecified atom stereocenters. The number of anilines is 1. The minimum absolute atomic E-state index is 0.142. The molecule has 0 saturated heterocycles. The summed E-state index contributed by atoms with van der Waals surface area (Å²) in [6.45, 7) is 8.87. The van der Waals surface area contributed by atoms with Gasteiger partial charge in [0, 0.05) is 31.4 Å². The Morgan fingerprint density at radius 2 is 2.23 bits per heavy atom. The average molecular weight is 299 g/mol. The van der Waals surface area contributed by atoms with Gasteiger partial charge in [-0.2, -0.15) is 5.10 Å². The van der Waals surface area contributed by atoms with Gasteiger partial charge in [0.2, 0.25) is 0 Å². The molecule has 116 valence electrons. The van der Waals surface area contributed by atoms with Crippen LogP contribution >= 0.6 is 0 Å². The Labute approximate surface area is 130 Å². The summed E-state index contributed by atoms with van der Waals surface area (Å²) in [7, 11) is 1.82. The number of aromatic nitrogens is 3. The first-order chi connectivity index (χ1) is 10.5. The number of rotatable bonds is 5. The van der Waals surface area contributed by atoms with Crippen molar-refractivity contribution >= 4 is 11.7 Å². The first kappa shape index (κ1) is 15.8. The fraction of sp³-hybridized carbons (Fsp3) is 0.312. The van der Waals surface area contributed by atoms with E-state index in [1.54, 1.807) is 15.9 Å². The van der Waals surface area contributed by atoms with Crippen LogP contribution in [0.1, 0.15) is 13.8 Å². The van der Waals surface area contributed by atoms with Gasteiger partial charge < -0.3 is 10.2 Å². The number of amides is 2. The van der Waals surface area contributed by atoms with Crippen LogP contribution in [0.25, 0.3) is 11.4 Å². The van der Waals surface area contributed by atoms with Crippen molar-refractivity contribution in [1.29, 1.82) is 0 Å². The van der Waals surface area contributed by atoms with Crippen LogP contribution in [0.3, 0.4) is 0 Å². The van der Waals surface area contributed by atoms with E-state index >= 15 is 0 Å². The summed E-state index contributed by atoms with van der Waals surface area (Å²) in [5.74, 6) is 0.632. The zero-order chi connectivity index (χ0) is 16.1. The molecule has 0 spiro atoms. The third-order valence-electron chi connectivity index (χ3n) is 3.10. The van der Waals surface area contributed by atoms with Crippen LogP contribution in [0.2, 0.25) is 0 Å².